The van der Waals surface area contributed by atoms with Crippen LogP contribution in [0.3, 0.4) is 0 Å². The summed E-state index contributed by atoms with van der Waals surface area (Å²) in [4.78, 5) is 10.3. The predicted molar refractivity (Wildman–Crippen MR) is 225 cm³/mol. The van der Waals surface area contributed by atoms with Crippen molar-refractivity contribution in [3.05, 3.63) is 193 Å². The lowest BCUT2D eigenvalue weighted by Crippen LogP contribution is -2.06. The van der Waals surface area contributed by atoms with Crippen molar-refractivity contribution in [2.75, 3.05) is 0 Å². The number of aromatic nitrogens is 3. The smallest absolute Gasteiger partial charge is 0.308 e. The molecule has 58 heavy (non-hydrogen) atoms. The van der Waals surface area contributed by atoms with Crippen molar-refractivity contribution in [2.24, 2.45) is 0 Å². The minimum atomic E-state index is -4.54. The van der Waals surface area contributed by atoms with Gasteiger partial charge in [0.05, 0.1) is 51.4 Å². The first-order valence-electron chi connectivity index (χ1n) is 18.4. The van der Waals surface area contributed by atoms with Gasteiger partial charge in [0.15, 0.2) is 5.82 Å². The van der Waals surface area contributed by atoms with Gasteiger partial charge in [-0.25, -0.2) is 9.97 Å². The predicted octanol–water partition coefficient (Wildman–Crippen LogP) is 13.2. The second kappa shape index (κ2) is 15.4. The largest absolute Gasteiger partial charge is 0.416 e. The molecule has 8 heteroatoms. The standard InChI is InChI=1S/C50H32F3N5/c1-32(30-54)13-11-14-33(2)41-26-38(49-56-44(35-16-5-3-6-17-35)29-45(57-49)36-18-7-4-8-19-36)27-42(37-20-12-15-34(25-37)31-55)48(41)58-46-22-10-9-21-40(46)43-28-39(50(51,52)53)23-24-47(43)58/h3-29H,1H2,2H3/b13-11-,33-14+. The van der Waals surface area contributed by atoms with E-state index in [1.54, 1.807) is 24.3 Å². The van der Waals surface area contributed by atoms with E-state index in [4.69, 9.17) is 9.97 Å². The maximum Gasteiger partial charge on any atom is 0.416 e. The van der Waals surface area contributed by atoms with Gasteiger partial charge < -0.3 is 4.57 Å². The van der Waals surface area contributed by atoms with Crippen LogP contribution in [0.15, 0.2) is 176 Å². The molecule has 278 valence electrons. The number of allylic oxidation sites excluding steroid dienone is 5. The third-order valence-electron chi connectivity index (χ3n) is 9.97. The summed E-state index contributed by atoms with van der Waals surface area (Å²) in [6.07, 6.45) is 0.683. The number of rotatable bonds is 8. The van der Waals surface area contributed by atoms with Gasteiger partial charge in [-0.15, -0.1) is 0 Å². The van der Waals surface area contributed by atoms with Crippen LogP contribution in [0.5, 0.6) is 0 Å². The summed E-state index contributed by atoms with van der Waals surface area (Å²) in [6.45, 7) is 5.71. The van der Waals surface area contributed by atoms with Crippen molar-refractivity contribution < 1.29 is 13.2 Å². The Labute approximate surface area is 333 Å². The van der Waals surface area contributed by atoms with Crippen LogP contribution < -0.4 is 0 Å². The van der Waals surface area contributed by atoms with Crippen LogP contribution in [-0.2, 0) is 6.18 Å². The minimum Gasteiger partial charge on any atom is -0.308 e. The van der Waals surface area contributed by atoms with Gasteiger partial charge in [0.25, 0.3) is 0 Å². The van der Waals surface area contributed by atoms with E-state index in [9.17, 15) is 23.7 Å². The van der Waals surface area contributed by atoms with E-state index in [2.05, 4.69) is 12.6 Å². The summed E-state index contributed by atoms with van der Waals surface area (Å²) in [5, 5.41) is 20.5. The third-order valence-corrected chi connectivity index (χ3v) is 9.97. The number of para-hydroxylation sites is 1. The molecule has 0 bridgehead atoms. The molecule has 0 aliphatic rings. The van der Waals surface area contributed by atoms with E-state index in [0.717, 1.165) is 39.7 Å². The van der Waals surface area contributed by atoms with Crippen molar-refractivity contribution in [1.29, 1.82) is 10.5 Å². The third kappa shape index (κ3) is 7.19. The number of halogens is 3. The molecule has 0 amide bonds. The SMILES string of the molecule is C=C(C#N)/C=C\C=C(/C)c1cc(-c2nc(-c3ccccc3)cc(-c3ccccc3)n2)cc(-c2cccc(C#N)c2)c1-n1c2ccccc2c2cc(C(F)(F)F)ccc21. The zero-order valence-electron chi connectivity index (χ0n) is 31.2. The molecule has 0 unspecified atom stereocenters. The lowest BCUT2D eigenvalue weighted by molar-refractivity contribution is -0.137. The van der Waals surface area contributed by atoms with E-state index < -0.39 is 11.7 Å². The van der Waals surface area contributed by atoms with Gasteiger partial charge in [0.1, 0.15) is 0 Å². The first-order chi connectivity index (χ1) is 28.1. The van der Waals surface area contributed by atoms with Crippen molar-refractivity contribution in [2.45, 2.75) is 13.1 Å². The van der Waals surface area contributed by atoms with Gasteiger partial charge in [0, 0.05) is 44.2 Å². The Bertz CT molecular complexity index is 2980. The Balaban J connectivity index is 1.51. The summed E-state index contributed by atoms with van der Waals surface area (Å²) >= 11 is 0. The molecule has 0 radical (unpaired) electrons. The number of alkyl halides is 3. The van der Waals surface area contributed by atoms with Crippen LogP contribution in [0.1, 0.15) is 23.6 Å². The van der Waals surface area contributed by atoms with Crippen LogP contribution in [0.4, 0.5) is 13.2 Å². The summed E-state index contributed by atoms with van der Waals surface area (Å²) in [6, 6.07) is 48.4. The highest BCUT2D eigenvalue weighted by molar-refractivity contribution is 6.10. The van der Waals surface area contributed by atoms with Crippen LogP contribution in [0, 0.1) is 22.7 Å². The first-order valence-corrected chi connectivity index (χ1v) is 18.4. The van der Waals surface area contributed by atoms with E-state index in [-0.39, 0.29) is 5.57 Å². The molecule has 0 aliphatic carbocycles. The maximum atomic E-state index is 14.2. The van der Waals surface area contributed by atoms with Gasteiger partial charge in [-0.05, 0) is 78.7 Å². The molecule has 5 nitrogen and oxygen atoms in total. The summed E-state index contributed by atoms with van der Waals surface area (Å²) < 4.78 is 44.5. The highest BCUT2D eigenvalue weighted by atomic mass is 19.4. The lowest BCUT2D eigenvalue weighted by Gasteiger charge is -2.21. The molecule has 2 heterocycles. The molecule has 0 spiro atoms. The van der Waals surface area contributed by atoms with Crippen LogP contribution in [-0.4, -0.2) is 14.5 Å². The molecule has 6 aromatic carbocycles. The minimum absolute atomic E-state index is 0.273. The van der Waals surface area contributed by atoms with Gasteiger partial charge in [-0.2, -0.15) is 23.7 Å². The molecule has 0 aliphatic heterocycles. The Morgan fingerprint density at radius 1 is 0.672 bits per heavy atom. The normalized spacial score (nSPS) is 11.9. The van der Waals surface area contributed by atoms with Crippen molar-refractivity contribution in [3.63, 3.8) is 0 Å². The van der Waals surface area contributed by atoms with Crippen molar-refractivity contribution >= 4 is 27.4 Å². The van der Waals surface area contributed by atoms with Gasteiger partial charge >= 0.3 is 6.18 Å². The van der Waals surface area contributed by atoms with E-state index in [0.29, 0.717) is 55.6 Å². The molecule has 8 aromatic rings. The van der Waals surface area contributed by atoms with E-state index in [1.165, 1.54) is 12.1 Å². The highest BCUT2D eigenvalue weighted by Crippen LogP contribution is 2.44. The number of benzene rings is 6. The molecular weight excluding hydrogens is 728 g/mol. The number of hydrogen-bond donors (Lipinski definition) is 0. The fourth-order valence-electron chi connectivity index (χ4n) is 7.20. The molecule has 8 rings (SSSR count). The Morgan fingerprint density at radius 2 is 1.31 bits per heavy atom. The van der Waals surface area contributed by atoms with Crippen LogP contribution in [0.25, 0.3) is 78.1 Å². The molecule has 0 saturated carbocycles. The van der Waals surface area contributed by atoms with Crippen molar-refractivity contribution in [1.82, 2.24) is 14.5 Å². The zero-order chi connectivity index (χ0) is 40.4. The first kappa shape index (κ1) is 37.1. The summed E-state index contributed by atoms with van der Waals surface area (Å²) in [5.41, 5.74) is 8.72. The van der Waals surface area contributed by atoms with Crippen LogP contribution in [0.2, 0.25) is 0 Å². The van der Waals surface area contributed by atoms with E-state index in [1.807, 2.05) is 139 Å². The second-order valence-electron chi connectivity index (χ2n) is 13.7. The fourth-order valence-corrected chi connectivity index (χ4v) is 7.20. The number of fused-ring (bicyclic) bond motifs is 3. The molecule has 2 aromatic heterocycles. The van der Waals surface area contributed by atoms with E-state index >= 15 is 0 Å². The highest BCUT2D eigenvalue weighted by Gasteiger charge is 2.31. The number of nitrogens with zero attached hydrogens (tertiary/aromatic N) is 5. The Morgan fingerprint density at radius 3 is 1.97 bits per heavy atom. The molecule has 0 N–H and O–H groups in total. The number of nitriles is 2. The molecule has 0 atom stereocenters. The van der Waals surface area contributed by atoms with Gasteiger partial charge in [0.2, 0.25) is 0 Å². The average molecular weight is 760 g/mol. The topological polar surface area (TPSA) is 78.3 Å². The van der Waals surface area contributed by atoms with Crippen LogP contribution >= 0.6 is 0 Å². The summed E-state index contributed by atoms with van der Waals surface area (Å²) in [7, 11) is 0. The molecular formula is C50H32F3N5. The zero-order valence-corrected chi connectivity index (χ0v) is 31.2. The second-order valence-corrected chi connectivity index (χ2v) is 13.7. The summed E-state index contributed by atoms with van der Waals surface area (Å²) in [5.74, 6) is 0.448. The maximum absolute atomic E-state index is 14.2. The lowest BCUT2D eigenvalue weighted by atomic mass is 9.92. The number of hydrogen-bond acceptors (Lipinski definition) is 4. The quantitative estimate of drug-likeness (QED) is 0.114. The Kier molecular flexibility index (Phi) is 9.84. The van der Waals surface area contributed by atoms with Crippen molar-refractivity contribution in [3.8, 4) is 62.9 Å². The van der Waals surface area contributed by atoms with Gasteiger partial charge in [-0.1, -0.05) is 110 Å². The fraction of sp³-hybridized carbons (Fsp3) is 0.0400. The molecule has 0 fully saturated rings. The monoisotopic (exact) mass is 759 g/mol. The van der Waals surface area contributed by atoms with Gasteiger partial charge in [-0.3, -0.25) is 0 Å². The Hall–Kier alpha value is -7.81. The molecule has 0 saturated heterocycles. The average Bonchev–Trinajstić information content (AvgIpc) is 3.59.